The van der Waals surface area contributed by atoms with E-state index in [1.807, 2.05) is 19.9 Å². The molecule has 0 amide bonds. The highest BCUT2D eigenvalue weighted by atomic mass is 16.4. The topological polar surface area (TPSA) is 33.4 Å². The Morgan fingerprint density at radius 3 is 2.80 bits per heavy atom. The third-order valence-corrected chi connectivity index (χ3v) is 1.59. The molecule has 0 bridgehead atoms. The van der Waals surface area contributed by atoms with Crippen LogP contribution >= 0.6 is 0 Å². The second kappa shape index (κ2) is 2.88. The van der Waals surface area contributed by atoms with Crippen molar-refractivity contribution in [1.29, 1.82) is 0 Å². The van der Waals surface area contributed by atoms with Crippen molar-refractivity contribution in [2.75, 3.05) is 0 Å². The monoisotopic (exact) mass is 140 g/mol. The molecule has 2 heteroatoms. The zero-order valence-electron chi connectivity index (χ0n) is 6.29. The molecule has 10 heavy (non-hydrogen) atoms. The van der Waals surface area contributed by atoms with Crippen molar-refractivity contribution in [3.8, 4) is 0 Å². The summed E-state index contributed by atoms with van der Waals surface area (Å²) >= 11 is 0. The summed E-state index contributed by atoms with van der Waals surface area (Å²) in [6, 6.07) is 1.86. The van der Waals surface area contributed by atoms with Crippen LogP contribution in [0.15, 0.2) is 16.7 Å². The summed E-state index contributed by atoms with van der Waals surface area (Å²) in [4.78, 5) is 0. The molecular formula is C8H12O2. The van der Waals surface area contributed by atoms with Crippen molar-refractivity contribution in [1.82, 2.24) is 0 Å². The molecule has 0 saturated carbocycles. The summed E-state index contributed by atoms with van der Waals surface area (Å²) in [6.07, 6.45) is 1.87. The van der Waals surface area contributed by atoms with Gasteiger partial charge >= 0.3 is 0 Å². The van der Waals surface area contributed by atoms with Gasteiger partial charge in [0.15, 0.2) is 0 Å². The van der Waals surface area contributed by atoms with E-state index in [9.17, 15) is 5.11 Å². The van der Waals surface area contributed by atoms with Gasteiger partial charge in [-0.05, 0) is 25.0 Å². The standard InChI is InChI=1S/C8H12O2/c1-3-7(9)8-6(2)4-5-10-8/h4-5,7,9H,3H2,1-2H3. The van der Waals surface area contributed by atoms with Crippen molar-refractivity contribution in [3.63, 3.8) is 0 Å². The number of aliphatic hydroxyl groups is 1. The van der Waals surface area contributed by atoms with Gasteiger partial charge in [0.2, 0.25) is 0 Å². The van der Waals surface area contributed by atoms with E-state index in [-0.39, 0.29) is 0 Å². The van der Waals surface area contributed by atoms with Gasteiger partial charge in [-0.2, -0.15) is 0 Å². The van der Waals surface area contributed by atoms with Crippen LogP contribution in [0, 0.1) is 6.92 Å². The lowest BCUT2D eigenvalue weighted by atomic mass is 10.1. The van der Waals surface area contributed by atoms with Crippen LogP contribution in [-0.4, -0.2) is 5.11 Å². The Hall–Kier alpha value is -0.760. The maximum Gasteiger partial charge on any atom is 0.135 e. The van der Waals surface area contributed by atoms with Crippen LogP contribution in [0.25, 0.3) is 0 Å². The number of furan rings is 1. The summed E-state index contributed by atoms with van der Waals surface area (Å²) in [7, 11) is 0. The van der Waals surface area contributed by atoms with E-state index in [0.717, 1.165) is 5.56 Å². The lowest BCUT2D eigenvalue weighted by Gasteiger charge is -2.03. The average Bonchev–Trinajstić information content (AvgIpc) is 2.34. The Labute approximate surface area is 60.5 Å². The fourth-order valence-electron chi connectivity index (χ4n) is 0.911. The molecule has 0 saturated heterocycles. The minimum absolute atomic E-state index is 0.435. The van der Waals surface area contributed by atoms with Crippen molar-refractivity contribution < 1.29 is 9.52 Å². The first-order chi connectivity index (χ1) is 4.75. The maximum atomic E-state index is 9.31. The predicted molar refractivity (Wildman–Crippen MR) is 38.7 cm³/mol. The predicted octanol–water partition coefficient (Wildman–Crippen LogP) is 2.03. The minimum Gasteiger partial charge on any atom is -0.466 e. The summed E-state index contributed by atoms with van der Waals surface area (Å²) in [5, 5.41) is 9.31. The van der Waals surface area contributed by atoms with Crippen LogP contribution in [-0.2, 0) is 0 Å². The summed E-state index contributed by atoms with van der Waals surface area (Å²) < 4.78 is 5.07. The molecule has 0 spiro atoms. The molecule has 2 nitrogen and oxygen atoms in total. The molecule has 0 radical (unpaired) electrons. The molecular weight excluding hydrogens is 128 g/mol. The Morgan fingerprint density at radius 1 is 1.70 bits per heavy atom. The number of rotatable bonds is 2. The normalized spacial score (nSPS) is 13.5. The third-order valence-electron chi connectivity index (χ3n) is 1.59. The van der Waals surface area contributed by atoms with Gasteiger partial charge in [-0.25, -0.2) is 0 Å². The van der Waals surface area contributed by atoms with E-state index in [1.54, 1.807) is 6.26 Å². The summed E-state index contributed by atoms with van der Waals surface area (Å²) in [6.45, 7) is 3.85. The molecule has 0 aliphatic rings. The summed E-state index contributed by atoms with van der Waals surface area (Å²) in [5.74, 6) is 0.697. The van der Waals surface area contributed by atoms with Crippen LogP contribution in [0.5, 0.6) is 0 Å². The van der Waals surface area contributed by atoms with E-state index < -0.39 is 6.10 Å². The smallest absolute Gasteiger partial charge is 0.135 e. The minimum atomic E-state index is -0.435. The Balaban J connectivity index is 2.82. The highest BCUT2D eigenvalue weighted by Crippen LogP contribution is 2.20. The molecule has 1 rings (SSSR count). The van der Waals surface area contributed by atoms with Gasteiger partial charge in [-0.3, -0.25) is 0 Å². The molecule has 1 heterocycles. The van der Waals surface area contributed by atoms with Gasteiger partial charge in [0.25, 0.3) is 0 Å². The number of hydrogen-bond acceptors (Lipinski definition) is 2. The van der Waals surface area contributed by atoms with Crippen molar-refractivity contribution in [2.45, 2.75) is 26.4 Å². The molecule has 1 aromatic heterocycles. The van der Waals surface area contributed by atoms with Crippen molar-refractivity contribution in [2.24, 2.45) is 0 Å². The Bertz CT molecular complexity index is 203. The van der Waals surface area contributed by atoms with Crippen LogP contribution in [0.3, 0.4) is 0 Å². The SMILES string of the molecule is CCC(O)c1occc1C. The molecule has 0 aromatic carbocycles. The highest BCUT2D eigenvalue weighted by molar-refractivity contribution is 5.16. The quantitative estimate of drug-likeness (QED) is 0.681. The van der Waals surface area contributed by atoms with Crippen LogP contribution in [0.4, 0.5) is 0 Å². The lowest BCUT2D eigenvalue weighted by Crippen LogP contribution is -1.94. The van der Waals surface area contributed by atoms with Gasteiger partial charge in [-0.1, -0.05) is 6.92 Å². The molecule has 0 fully saturated rings. The van der Waals surface area contributed by atoms with Gasteiger partial charge in [0.05, 0.1) is 6.26 Å². The Morgan fingerprint density at radius 2 is 2.40 bits per heavy atom. The van der Waals surface area contributed by atoms with E-state index in [1.165, 1.54) is 0 Å². The first-order valence-electron chi connectivity index (χ1n) is 3.47. The second-order valence-electron chi connectivity index (χ2n) is 2.39. The van der Waals surface area contributed by atoms with Crippen molar-refractivity contribution in [3.05, 3.63) is 23.7 Å². The highest BCUT2D eigenvalue weighted by Gasteiger charge is 2.10. The van der Waals surface area contributed by atoms with Crippen LogP contribution in [0.1, 0.15) is 30.8 Å². The van der Waals surface area contributed by atoms with E-state index >= 15 is 0 Å². The van der Waals surface area contributed by atoms with Gasteiger partial charge in [-0.15, -0.1) is 0 Å². The van der Waals surface area contributed by atoms with Gasteiger partial charge in [0.1, 0.15) is 11.9 Å². The molecule has 1 unspecified atom stereocenters. The Kier molecular flexibility index (Phi) is 2.12. The van der Waals surface area contributed by atoms with E-state index in [2.05, 4.69) is 0 Å². The number of aryl methyl sites for hydroxylation is 1. The van der Waals surface area contributed by atoms with Crippen LogP contribution in [0.2, 0.25) is 0 Å². The molecule has 1 aromatic rings. The molecule has 56 valence electrons. The fourth-order valence-corrected chi connectivity index (χ4v) is 0.911. The molecule has 0 aliphatic heterocycles. The fraction of sp³-hybridized carbons (Fsp3) is 0.500. The van der Waals surface area contributed by atoms with Gasteiger partial charge in [0, 0.05) is 0 Å². The maximum absolute atomic E-state index is 9.31. The number of hydrogen-bond donors (Lipinski definition) is 1. The average molecular weight is 140 g/mol. The first kappa shape index (κ1) is 7.35. The van der Waals surface area contributed by atoms with Crippen molar-refractivity contribution >= 4 is 0 Å². The second-order valence-corrected chi connectivity index (χ2v) is 2.39. The number of aliphatic hydroxyl groups excluding tert-OH is 1. The van der Waals surface area contributed by atoms with E-state index in [4.69, 9.17) is 4.42 Å². The zero-order valence-corrected chi connectivity index (χ0v) is 6.29. The summed E-state index contributed by atoms with van der Waals surface area (Å²) in [5.41, 5.74) is 1.02. The van der Waals surface area contributed by atoms with Crippen LogP contribution < -0.4 is 0 Å². The van der Waals surface area contributed by atoms with E-state index in [0.29, 0.717) is 12.2 Å². The van der Waals surface area contributed by atoms with Gasteiger partial charge < -0.3 is 9.52 Å². The molecule has 1 N–H and O–H groups in total. The lowest BCUT2D eigenvalue weighted by molar-refractivity contribution is 0.145. The first-order valence-corrected chi connectivity index (χ1v) is 3.47. The molecule has 0 aliphatic carbocycles. The molecule has 1 atom stereocenters. The third kappa shape index (κ3) is 1.21. The zero-order chi connectivity index (χ0) is 7.56. The largest absolute Gasteiger partial charge is 0.466 e.